The fourth-order valence-electron chi connectivity index (χ4n) is 2.86. The summed E-state index contributed by atoms with van der Waals surface area (Å²) < 4.78 is 0. The van der Waals surface area contributed by atoms with Crippen molar-refractivity contribution in [3.05, 3.63) is 46.0 Å². The monoisotopic (exact) mass is 244 g/mol. The van der Waals surface area contributed by atoms with Crippen molar-refractivity contribution >= 4 is 28.2 Å². The fraction of sp³-hybridized carbons (Fsp3) is 0.267. The van der Waals surface area contributed by atoms with Crippen LogP contribution >= 0.6 is 11.6 Å². The van der Waals surface area contributed by atoms with E-state index in [0.29, 0.717) is 5.02 Å². The first-order valence-electron chi connectivity index (χ1n) is 5.92. The molecule has 0 heterocycles. The largest absolute Gasteiger partial charge is 0.294 e. The average Bonchev–Trinajstić information content (AvgIpc) is 2.73. The SMILES string of the molecule is CC(=O)c1c2c(cc3cccc(Cl)c13)CCC2. The highest BCUT2D eigenvalue weighted by atomic mass is 35.5. The average molecular weight is 245 g/mol. The van der Waals surface area contributed by atoms with Crippen molar-refractivity contribution in [1.82, 2.24) is 0 Å². The van der Waals surface area contributed by atoms with Crippen LogP contribution in [0.3, 0.4) is 0 Å². The maximum Gasteiger partial charge on any atom is 0.160 e. The molecule has 0 bridgehead atoms. The molecule has 86 valence electrons. The Kier molecular flexibility index (Phi) is 2.44. The van der Waals surface area contributed by atoms with Crippen LogP contribution in [0.15, 0.2) is 24.3 Å². The van der Waals surface area contributed by atoms with Crippen LogP contribution in [-0.2, 0) is 12.8 Å². The number of carbonyl (C=O) groups is 1. The zero-order valence-corrected chi connectivity index (χ0v) is 10.5. The lowest BCUT2D eigenvalue weighted by molar-refractivity contribution is 0.101. The van der Waals surface area contributed by atoms with Gasteiger partial charge in [0, 0.05) is 16.0 Å². The van der Waals surface area contributed by atoms with Crippen molar-refractivity contribution in [2.24, 2.45) is 0 Å². The van der Waals surface area contributed by atoms with Gasteiger partial charge in [0.05, 0.1) is 0 Å². The Morgan fingerprint density at radius 2 is 2.12 bits per heavy atom. The smallest absolute Gasteiger partial charge is 0.160 e. The summed E-state index contributed by atoms with van der Waals surface area (Å²) in [4.78, 5) is 11.9. The first kappa shape index (κ1) is 10.8. The molecule has 0 fully saturated rings. The third-order valence-corrected chi connectivity index (χ3v) is 3.85. The van der Waals surface area contributed by atoms with Crippen LogP contribution in [0.5, 0.6) is 0 Å². The maximum atomic E-state index is 11.9. The molecule has 2 heteroatoms. The van der Waals surface area contributed by atoms with Gasteiger partial charge in [-0.15, -0.1) is 0 Å². The third kappa shape index (κ3) is 1.57. The van der Waals surface area contributed by atoms with Crippen molar-refractivity contribution < 1.29 is 4.79 Å². The summed E-state index contributed by atoms with van der Waals surface area (Å²) >= 11 is 6.26. The van der Waals surface area contributed by atoms with Crippen LogP contribution in [-0.4, -0.2) is 5.78 Å². The van der Waals surface area contributed by atoms with Crippen LogP contribution in [0.2, 0.25) is 5.02 Å². The topological polar surface area (TPSA) is 17.1 Å². The summed E-state index contributed by atoms with van der Waals surface area (Å²) in [6.45, 7) is 1.64. The quantitative estimate of drug-likeness (QED) is 0.688. The van der Waals surface area contributed by atoms with E-state index in [1.807, 2.05) is 18.2 Å². The minimum atomic E-state index is 0.127. The van der Waals surface area contributed by atoms with Crippen molar-refractivity contribution in [3.63, 3.8) is 0 Å². The molecule has 1 nitrogen and oxygen atoms in total. The third-order valence-electron chi connectivity index (χ3n) is 3.54. The van der Waals surface area contributed by atoms with Gasteiger partial charge in [0.2, 0.25) is 0 Å². The van der Waals surface area contributed by atoms with Gasteiger partial charge in [-0.3, -0.25) is 4.79 Å². The van der Waals surface area contributed by atoms with E-state index in [1.165, 1.54) is 11.1 Å². The van der Waals surface area contributed by atoms with Gasteiger partial charge in [0.1, 0.15) is 0 Å². The number of Topliss-reactive ketones (excluding diaryl/α,β-unsaturated/α-hetero) is 1. The summed E-state index contributed by atoms with van der Waals surface area (Å²) in [5.41, 5.74) is 3.39. The van der Waals surface area contributed by atoms with Gasteiger partial charge < -0.3 is 0 Å². The molecule has 0 N–H and O–H groups in total. The predicted octanol–water partition coefficient (Wildman–Crippen LogP) is 4.18. The van der Waals surface area contributed by atoms with Gasteiger partial charge in [-0.25, -0.2) is 0 Å². The van der Waals surface area contributed by atoms with Gasteiger partial charge >= 0.3 is 0 Å². The van der Waals surface area contributed by atoms with Crippen LogP contribution < -0.4 is 0 Å². The van der Waals surface area contributed by atoms with E-state index < -0.39 is 0 Å². The number of hydrogen-bond donors (Lipinski definition) is 0. The molecular weight excluding hydrogens is 232 g/mol. The minimum absolute atomic E-state index is 0.127. The molecule has 0 aromatic heterocycles. The summed E-state index contributed by atoms with van der Waals surface area (Å²) in [5, 5.41) is 2.70. The van der Waals surface area contributed by atoms with Gasteiger partial charge in [-0.2, -0.15) is 0 Å². The molecule has 2 aromatic carbocycles. The highest BCUT2D eigenvalue weighted by Crippen LogP contribution is 2.35. The fourth-order valence-corrected chi connectivity index (χ4v) is 3.14. The second-order valence-electron chi connectivity index (χ2n) is 4.64. The van der Waals surface area contributed by atoms with Gasteiger partial charge in [0.15, 0.2) is 5.78 Å². The molecule has 0 saturated heterocycles. The van der Waals surface area contributed by atoms with E-state index in [-0.39, 0.29) is 5.78 Å². The first-order valence-corrected chi connectivity index (χ1v) is 6.30. The first-order chi connectivity index (χ1) is 8.18. The summed E-state index contributed by atoms with van der Waals surface area (Å²) in [6.07, 6.45) is 3.23. The highest BCUT2D eigenvalue weighted by Gasteiger charge is 2.21. The normalized spacial score (nSPS) is 14.0. The molecule has 1 aliphatic rings. The molecule has 0 radical (unpaired) electrons. The number of rotatable bonds is 1. The summed E-state index contributed by atoms with van der Waals surface area (Å²) in [7, 11) is 0. The summed E-state index contributed by atoms with van der Waals surface area (Å²) in [6, 6.07) is 8.02. The molecule has 17 heavy (non-hydrogen) atoms. The molecule has 0 aliphatic heterocycles. The number of hydrogen-bond acceptors (Lipinski definition) is 1. The Morgan fingerprint density at radius 3 is 2.88 bits per heavy atom. The molecule has 0 unspecified atom stereocenters. The standard InChI is InChI=1S/C15H13ClO/c1-9(17)14-12-6-2-4-10(12)8-11-5-3-7-13(16)15(11)14/h3,5,7-8H,2,4,6H2,1H3. The van der Waals surface area contributed by atoms with E-state index in [2.05, 4.69) is 6.07 Å². The Bertz CT molecular complexity index is 628. The van der Waals surface area contributed by atoms with Crippen LogP contribution in [0.1, 0.15) is 34.8 Å². The highest BCUT2D eigenvalue weighted by molar-refractivity contribution is 6.37. The van der Waals surface area contributed by atoms with Crippen molar-refractivity contribution in [3.8, 4) is 0 Å². The lowest BCUT2D eigenvalue weighted by Crippen LogP contribution is -2.01. The zero-order chi connectivity index (χ0) is 12.0. The Hall–Kier alpha value is -1.34. The predicted molar refractivity (Wildman–Crippen MR) is 71.0 cm³/mol. The van der Waals surface area contributed by atoms with E-state index in [9.17, 15) is 4.79 Å². The molecule has 0 amide bonds. The molecule has 1 aliphatic carbocycles. The Morgan fingerprint density at radius 1 is 1.29 bits per heavy atom. The van der Waals surface area contributed by atoms with Crippen molar-refractivity contribution in [2.45, 2.75) is 26.2 Å². The maximum absolute atomic E-state index is 11.9. The number of ketones is 1. The molecule has 2 aromatic rings. The second kappa shape index (κ2) is 3.85. The van der Waals surface area contributed by atoms with Crippen molar-refractivity contribution in [2.75, 3.05) is 0 Å². The van der Waals surface area contributed by atoms with E-state index in [4.69, 9.17) is 11.6 Å². The molecule has 0 saturated carbocycles. The Balaban J connectivity index is 2.50. The molecular formula is C15H13ClO. The van der Waals surface area contributed by atoms with Crippen molar-refractivity contribution in [1.29, 1.82) is 0 Å². The summed E-state index contributed by atoms with van der Waals surface area (Å²) in [5.74, 6) is 0.127. The lowest BCUT2D eigenvalue weighted by Gasteiger charge is -2.11. The number of fused-ring (bicyclic) bond motifs is 2. The minimum Gasteiger partial charge on any atom is -0.294 e. The molecule has 0 atom stereocenters. The van der Waals surface area contributed by atoms with Gasteiger partial charge in [-0.05, 0) is 48.8 Å². The number of aryl methyl sites for hydroxylation is 1. The van der Waals surface area contributed by atoms with E-state index >= 15 is 0 Å². The molecule has 3 rings (SSSR count). The number of carbonyl (C=O) groups excluding carboxylic acids is 1. The van der Waals surface area contributed by atoms with Gasteiger partial charge in [-0.1, -0.05) is 29.8 Å². The van der Waals surface area contributed by atoms with E-state index in [1.54, 1.807) is 6.92 Å². The van der Waals surface area contributed by atoms with Crippen LogP contribution in [0.25, 0.3) is 10.8 Å². The Labute approximate surface area is 105 Å². The number of benzene rings is 2. The van der Waals surface area contributed by atoms with E-state index in [0.717, 1.165) is 35.6 Å². The number of halogens is 1. The van der Waals surface area contributed by atoms with Gasteiger partial charge in [0.25, 0.3) is 0 Å². The van der Waals surface area contributed by atoms with Crippen LogP contribution in [0.4, 0.5) is 0 Å². The van der Waals surface area contributed by atoms with Crippen LogP contribution in [0, 0.1) is 0 Å². The lowest BCUT2D eigenvalue weighted by atomic mass is 9.93. The second-order valence-corrected chi connectivity index (χ2v) is 5.04. The molecule has 0 spiro atoms. The zero-order valence-electron chi connectivity index (χ0n) is 9.72.